The lowest BCUT2D eigenvalue weighted by Gasteiger charge is -2.22. The molecular formula is C16H26ClN. The molecule has 18 heavy (non-hydrogen) atoms. The summed E-state index contributed by atoms with van der Waals surface area (Å²) in [5.41, 5.74) is 3.02. The van der Waals surface area contributed by atoms with Gasteiger partial charge in [0, 0.05) is 18.5 Å². The van der Waals surface area contributed by atoms with Crippen molar-refractivity contribution in [3.05, 3.63) is 35.4 Å². The van der Waals surface area contributed by atoms with Crippen molar-refractivity contribution in [3.8, 4) is 0 Å². The maximum atomic E-state index is 6.32. The van der Waals surface area contributed by atoms with E-state index >= 15 is 0 Å². The summed E-state index contributed by atoms with van der Waals surface area (Å²) >= 11 is 6.32. The number of benzene rings is 1. The molecule has 0 fully saturated rings. The van der Waals surface area contributed by atoms with Crippen LogP contribution in [0, 0.1) is 5.41 Å². The second-order valence-electron chi connectivity index (χ2n) is 6.16. The predicted octanol–water partition coefficient (Wildman–Crippen LogP) is 4.38. The van der Waals surface area contributed by atoms with Gasteiger partial charge in [0.1, 0.15) is 0 Å². The van der Waals surface area contributed by atoms with Crippen LogP contribution in [0.25, 0.3) is 0 Å². The molecule has 0 spiro atoms. The molecule has 1 rings (SSSR count). The van der Waals surface area contributed by atoms with Gasteiger partial charge in [0.05, 0.1) is 0 Å². The van der Waals surface area contributed by atoms with Crippen LogP contribution in [-0.2, 0) is 13.0 Å². The highest BCUT2D eigenvalue weighted by atomic mass is 35.5. The van der Waals surface area contributed by atoms with Crippen LogP contribution < -0.4 is 5.32 Å². The molecule has 0 aromatic heterocycles. The molecule has 0 heterocycles. The first-order chi connectivity index (χ1) is 8.40. The summed E-state index contributed by atoms with van der Waals surface area (Å²) in [5.74, 6) is 0. The zero-order valence-corrected chi connectivity index (χ0v) is 12.8. The van der Waals surface area contributed by atoms with E-state index in [0.29, 0.717) is 5.41 Å². The van der Waals surface area contributed by atoms with Gasteiger partial charge in [-0.2, -0.15) is 0 Å². The smallest absolute Gasteiger partial charge is 0.0465 e. The van der Waals surface area contributed by atoms with Gasteiger partial charge < -0.3 is 5.32 Å². The van der Waals surface area contributed by atoms with E-state index in [1.165, 1.54) is 11.1 Å². The van der Waals surface area contributed by atoms with Gasteiger partial charge in [-0.1, -0.05) is 52.0 Å². The Morgan fingerprint density at radius 2 is 1.67 bits per heavy atom. The largest absolute Gasteiger partial charge is 0.311 e. The van der Waals surface area contributed by atoms with Crippen molar-refractivity contribution < 1.29 is 0 Å². The molecule has 102 valence electrons. The molecule has 1 nitrogen and oxygen atoms in total. The Balaban J connectivity index is 2.28. The summed E-state index contributed by atoms with van der Waals surface area (Å²) in [4.78, 5) is 0. The van der Waals surface area contributed by atoms with Crippen molar-refractivity contribution in [1.29, 1.82) is 0 Å². The number of rotatable bonds is 6. The molecule has 0 aliphatic rings. The van der Waals surface area contributed by atoms with Crippen LogP contribution in [-0.4, -0.2) is 11.9 Å². The van der Waals surface area contributed by atoms with Gasteiger partial charge in [-0.15, -0.1) is 11.6 Å². The molecule has 0 radical (unpaired) electrons. The highest BCUT2D eigenvalue weighted by Gasteiger charge is 2.16. The van der Waals surface area contributed by atoms with Gasteiger partial charge in [0.25, 0.3) is 0 Å². The van der Waals surface area contributed by atoms with Gasteiger partial charge in [0.15, 0.2) is 0 Å². The van der Waals surface area contributed by atoms with Crippen molar-refractivity contribution in [1.82, 2.24) is 5.32 Å². The normalized spacial score (nSPS) is 13.6. The Hall–Kier alpha value is -0.530. The second kappa shape index (κ2) is 7.16. The summed E-state index contributed by atoms with van der Waals surface area (Å²) in [6.07, 6.45) is 2.14. The number of hydrogen-bond acceptors (Lipinski definition) is 1. The quantitative estimate of drug-likeness (QED) is 0.754. The highest BCUT2D eigenvalue weighted by Crippen LogP contribution is 2.23. The molecule has 1 aromatic rings. The predicted molar refractivity (Wildman–Crippen MR) is 81.2 cm³/mol. The van der Waals surface area contributed by atoms with Gasteiger partial charge in [0.2, 0.25) is 0 Å². The Bertz CT molecular complexity index is 337. The Morgan fingerprint density at radius 1 is 1.11 bits per heavy atom. The molecule has 0 amide bonds. The van der Waals surface area contributed by atoms with Crippen molar-refractivity contribution in [2.45, 2.75) is 52.5 Å². The van der Waals surface area contributed by atoms with Crippen LogP contribution in [0.1, 0.15) is 45.2 Å². The van der Waals surface area contributed by atoms with E-state index in [-0.39, 0.29) is 5.38 Å². The average molecular weight is 268 g/mol. The minimum atomic E-state index is 0.208. The zero-order valence-electron chi connectivity index (χ0n) is 12.1. The first kappa shape index (κ1) is 15.5. The SMILES string of the molecule is CCc1ccc(CNCC(Cl)CC(C)(C)C)cc1. The van der Waals surface area contributed by atoms with Gasteiger partial charge in [-0.25, -0.2) is 0 Å². The molecular weight excluding hydrogens is 242 g/mol. The zero-order chi connectivity index (χ0) is 13.6. The van der Waals surface area contributed by atoms with Crippen LogP contribution in [0.4, 0.5) is 0 Å². The molecule has 0 saturated heterocycles. The second-order valence-corrected chi connectivity index (χ2v) is 6.78. The molecule has 0 aliphatic carbocycles. The molecule has 1 atom stereocenters. The number of aryl methyl sites for hydroxylation is 1. The Kier molecular flexibility index (Phi) is 6.17. The van der Waals surface area contributed by atoms with Crippen LogP contribution in [0.15, 0.2) is 24.3 Å². The van der Waals surface area contributed by atoms with Crippen molar-refractivity contribution in [2.24, 2.45) is 5.41 Å². The fourth-order valence-corrected chi connectivity index (χ4v) is 2.57. The van der Waals surface area contributed by atoms with Gasteiger partial charge in [-0.3, -0.25) is 0 Å². The standard InChI is InChI=1S/C16H26ClN/c1-5-13-6-8-14(9-7-13)11-18-12-15(17)10-16(2,3)4/h6-9,15,18H,5,10-12H2,1-4H3. The van der Waals surface area contributed by atoms with E-state index in [4.69, 9.17) is 11.6 Å². The molecule has 1 N–H and O–H groups in total. The topological polar surface area (TPSA) is 12.0 Å². The number of halogens is 1. The highest BCUT2D eigenvalue weighted by molar-refractivity contribution is 6.20. The van der Waals surface area contributed by atoms with Crippen LogP contribution in [0.3, 0.4) is 0 Å². The number of hydrogen-bond donors (Lipinski definition) is 1. The maximum absolute atomic E-state index is 6.32. The summed E-state index contributed by atoms with van der Waals surface area (Å²) in [6.45, 7) is 10.6. The van der Waals surface area contributed by atoms with E-state index in [1.54, 1.807) is 0 Å². The molecule has 1 aromatic carbocycles. The van der Waals surface area contributed by atoms with Crippen molar-refractivity contribution in [2.75, 3.05) is 6.54 Å². The lowest BCUT2D eigenvalue weighted by Crippen LogP contribution is -2.26. The average Bonchev–Trinajstić information content (AvgIpc) is 2.27. The molecule has 1 unspecified atom stereocenters. The van der Waals surface area contributed by atoms with E-state index in [9.17, 15) is 0 Å². The monoisotopic (exact) mass is 267 g/mol. The Morgan fingerprint density at radius 3 is 2.17 bits per heavy atom. The van der Waals surface area contributed by atoms with Crippen LogP contribution >= 0.6 is 11.6 Å². The van der Waals surface area contributed by atoms with Gasteiger partial charge in [-0.05, 0) is 29.4 Å². The van der Waals surface area contributed by atoms with E-state index in [1.807, 2.05) is 0 Å². The minimum absolute atomic E-state index is 0.208. The van der Waals surface area contributed by atoms with Crippen molar-refractivity contribution >= 4 is 11.6 Å². The van der Waals surface area contributed by atoms with E-state index < -0.39 is 0 Å². The summed E-state index contributed by atoms with van der Waals surface area (Å²) < 4.78 is 0. The van der Waals surface area contributed by atoms with Crippen LogP contribution in [0.2, 0.25) is 0 Å². The molecule has 0 bridgehead atoms. The third-order valence-electron chi connectivity index (χ3n) is 2.96. The van der Waals surface area contributed by atoms with Gasteiger partial charge >= 0.3 is 0 Å². The number of alkyl halides is 1. The summed E-state index contributed by atoms with van der Waals surface area (Å²) in [5, 5.41) is 3.64. The van der Waals surface area contributed by atoms with E-state index in [2.05, 4.69) is 57.3 Å². The minimum Gasteiger partial charge on any atom is -0.311 e. The van der Waals surface area contributed by atoms with Crippen LogP contribution in [0.5, 0.6) is 0 Å². The Labute approximate surface area is 117 Å². The lowest BCUT2D eigenvalue weighted by atomic mass is 9.90. The fraction of sp³-hybridized carbons (Fsp3) is 0.625. The number of nitrogens with one attached hydrogen (secondary N) is 1. The summed E-state index contributed by atoms with van der Waals surface area (Å²) in [6, 6.07) is 8.78. The molecule has 0 aliphatic heterocycles. The molecule has 0 saturated carbocycles. The first-order valence-corrected chi connectivity index (χ1v) is 7.27. The van der Waals surface area contributed by atoms with E-state index in [0.717, 1.165) is 25.9 Å². The fourth-order valence-electron chi connectivity index (χ4n) is 2.00. The summed E-state index contributed by atoms with van der Waals surface area (Å²) in [7, 11) is 0. The maximum Gasteiger partial charge on any atom is 0.0465 e. The third kappa shape index (κ3) is 6.42. The first-order valence-electron chi connectivity index (χ1n) is 6.83. The third-order valence-corrected chi connectivity index (χ3v) is 3.27. The molecule has 2 heteroatoms. The van der Waals surface area contributed by atoms with Crippen molar-refractivity contribution in [3.63, 3.8) is 0 Å². The lowest BCUT2D eigenvalue weighted by molar-refractivity contribution is 0.364.